The third kappa shape index (κ3) is 8.08. The average molecular weight is 555 g/mol. The normalized spacial score (nSPS) is 19.3. The van der Waals surface area contributed by atoms with Crippen LogP contribution in [0.15, 0.2) is 128 Å². The van der Waals surface area contributed by atoms with Gasteiger partial charge in [0, 0.05) is 6.58 Å². The van der Waals surface area contributed by atoms with Crippen molar-refractivity contribution in [3.8, 4) is 11.5 Å². The van der Waals surface area contributed by atoms with Crippen molar-refractivity contribution in [2.24, 2.45) is 0 Å². The van der Waals surface area contributed by atoms with Crippen LogP contribution in [0.3, 0.4) is 0 Å². The molecule has 214 valence electrons. The van der Waals surface area contributed by atoms with Crippen molar-refractivity contribution in [2.45, 2.75) is 37.1 Å². The first-order valence-electron chi connectivity index (χ1n) is 14.6. The Bertz CT molecular complexity index is 1230. The maximum atomic E-state index is 10.5. The van der Waals surface area contributed by atoms with Crippen LogP contribution in [0.25, 0.3) is 0 Å². The van der Waals surface area contributed by atoms with Crippen molar-refractivity contribution in [3.63, 3.8) is 0 Å². The van der Waals surface area contributed by atoms with Gasteiger partial charge in [0.2, 0.25) is 0 Å². The quantitative estimate of drug-likeness (QED) is 0.116. The number of hydrogen-bond donors (Lipinski definition) is 1. The molecular weight excluding hydrogens is 512 g/mol. The van der Waals surface area contributed by atoms with Crippen molar-refractivity contribution >= 4 is 0 Å². The lowest BCUT2D eigenvalue weighted by molar-refractivity contribution is -0.0697. The highest BCUT2D eigenvalue weighted by Gasteiger charge is 2.40. The minimum atomic E-state index is -1.03. The molecule has 5 heteroatoms. The number of ether oxygens (including phenoxy) is 4. The van der Waals surface area contributed by atoms with E-state index in [0.717, 1.165) is 41.0 Å². The van der Waals surface area contributed by atoms with Gasteiger partial charge in [0.15, 0.2) is 0 Å². The van der Waals surface area contributed by atoms with Gasteiger partial charge >= 0.3 is 0 Å². The molecule has 3 atom stereocenters. The number of hydrogen-bond acceptors (Lipinski definition) is 5. The molecule has 3 aromatic rings. The Labute approximate surface area is 245 Å². The van der Waals surface area contributed by atoms with Crippen LogP contribution in [0.5, 0.6) is 11.5 Å². The topological polar surface area (TPSA) is 57.2 Å². The predicted molar refractivity (Wildman–Crippen MR) is 164 cm³/mol. The van der Waals surface area contributed by atoms with Crippen LogP contribution in [0, 0.1) is 0 Å². The number of aliphatic hydroxyl groups excluding tert-OH is 1. The third-order valence-electron chi connectivity index (χ3n) is 6.85. The van der Waals surface area contributed by atoms with Crippen molar-refractivity contribution in [1.82, 2.24) is 0 Å². The van der Waals surface area contributed by atoms with Gasteiger partial charge in [0.05, 0.1) is 27.3 Å². The zero-order valence-corrected chi connectivity index (χ0v) is 23.4. The Morgan fingerprint density at radius 1 is 0.805 bits per heavy atom. The van der Waals surface area contributed by atoms with Gasteiger partial charge < -0.3 is 24.1 Å². The first-order chi connectivity index (χ1) is 20.6. The summed E-state index contributed by atoms with van der Waals surface area (Å²) in [6.07, 6.45) is 11.8. The fraction of sp³-hybridized carbons (Fsp3) is 0.278. The largest absolute Gasteiger partial charge is 0.493 e. The monoisotopic (exact) mass is 554 g/mol. The van der Waals surface area contributed by atoms with Gasteiger partial charge in [-0.3, -0.25) is 0 Å². The molecule has 0 radical (unpaired) electrons. The molecule has 1 fully saturated rings. The van der Waals surface area contributed by atoms with E-state index in [4.69, 9.17) is 20.3 Å². The SMILES string of the molecule is [3H]C1C[C@@H](O)[C@@H](COC(c2ccccc2)(c2ccc(OCC/C=C/C=C)cc2)c2ccc(OCC/C=C/C=C)cc2)O1. The molecule has 1 heterocycles. The van der Waals surface area contributed by atoms with Gasteiger partial charge in [-0.15, -0.1) is 0 Å². The van der Waals surface area contributed by atoms with E-state index in [1.54, 1.807) is 12.2 Å². The van der Waals surface area contributed by atoms with E-state index in [1.165, 1.54) is 0 Å². The van der Waals surface area contributed by atoms with Crippen LogP contribution < -0.4 is 9.47 Å². The number of allylic oxidation sites excluding steroid dienone is 4. The zero-order chi connectivity index (χ0) is 29.6. The zero-order valence-electron chi connectivity index (χ0n) is 24.4. The molecule has 0 saturated carbocycles. The maximum Gasteiger partial charge on any atom is 0.143 e. The first kappa shape index (κ1) is 28.6. The van der Waals surface area contributed by atoms with Crippen molar-refractivity contribution in [1.29, 1.82) is 0 Å². The van der Waals surface area contributed by atoms with E-state index in [9.17, 15) is 5.11 Å². The summed E-state index contributed by atoms with van der Waals surface area (Å²) >= 11 is 0. The number of aliphatic hydroxyl groups is 1. The maximum absolute atomic E-state index is 10.5. The van der Waals surface area contributed by atoms with Crippen LogP contribution in [0.4, 0.5) is 0 Å². The molecule has 5 nitrogen and oxygen atoms in total. The second-order valence-electron chi connectivity index (χ2n) is 9.65. The summed E-state index contributed by atoms with van der Waals surface area (Å²) in [4.78, 5) is 0. The Balaban J connectivity index is 1.67. The highest BCUT2D eigenvalue weighted by molar-refractivity contribution is 5.49. The van der Waals surface area contributed by atoms with E-state index in [0.29, 0.717) is 13.2 Å². The number of benzene rings is 3. The summed E-state index contributed by atoms with van der Waals surface area (Å²) in [5, 5.41) is 10.5. The van der Waals surface area contributed by atoms with Gasteiger partial charge in [0.25, 0.3) is 0 Å². The van der Waals surface area contributed by atoms with Gasteiger partial charge in [-0.25, -0.2) is 0 Å². The van der Waals surface area contributed by atoms with Crippen molar-refractivity contribution < 1.29 is 25.4 Å². The van der Waals surface area contributed by atoms with E-state index < -0.39 is 24.4 Å². The Kier molecular flexibility index (Phi) is 11.0. The van der Waals surface area contributed by atoms with E-state index in [1.807, 2.05) is 103 Å². The summed E-state index contributed by atoms with van der Waals surface area (Å²) in [5.74, 6) is 1.52. The van der Waals surface area contributed by atoms with E-state index in [2.05, 4.69) is 13.2 Å². The molecular formula is C36H40O5. The second kappa shape index (κ2) is 15.8. The lowest BCUT2D eigenvalue weighted by Gasteiger charge is -2.37. The van der Waals surface area contributed by atoms with Crippen LogP contribution in [-0.4, -0.2) is 43.7 Å². The molecule has 0 spiro atoms. The Morgan fingerprint density at radius 2 is 1.32 bits per heavy atom. The minimum absolute atomic E-state index is 0.104. The van der Waals surface area contributed by atoms with Gasteiger partial charge in [0.1, 0.15) is 23.2 Å². The van der Waals surface area contributed by atoms with Crippen LogP contribution >= 0.6 is 0 Å². The molecule has 1 unspecified atom stereocenters. The fourth-order valence-electron chi connectivity index (χ4n) is 4.75. The summed E-state index contributed by atoms with van der Waals surface area (Å²) < 4.78 is 32.4. The smallest absolute Gasteiger partial charge is 0.143 e. The molecule has 3 aromatic carbocycles. The molecule has 41 heavy (non-hydrogen) atoms. The van der Waals surface area contributed by atoms with Crippen molar-refractivity contribution in [2.75, 3.05) is 26.4 Å². The van der Waals surface area contributed by atoms with E-state index >= 15 is 0 Å². The van der Waals surface area contributed by atoms with Crippen LogP contribution in [0.2, 0.25) is 0 Å². The molecule has 0 aliphatic carbocycles. The molecule has 0 aromatic heterocycles. The lowest BCUT2D eigenvalue weighted by Crippen LogP contribution is -2.38. The molecule has 0 amide bonds. The summed E-state index contributed by atoms with van der Waals surface area (Å²) in [7, 11) is 0. The van der Waals surface area contributed by atoms with Gasteiger partial charge in [-0.2, -0.15) is 0 Å². The predicted octanol–water partition coefficient (Wildman–Crippen LogP) is 7.17. The first-order valence-corrected chi connectivity index (χ1v) is 14.0. The summed E-state index contributed by atoms with van der Waals surface area (Å²) in [6, 6.07) is 25.8. The second-order valence-corrected chi connectivity index (χ2v) is 9.65. The molecule has 1 aliphatic heterocycles. The lowest BCUT2D eigenvalue weighted by atomic mass is 9.80. The minimum Gasteiger partial charge on any atom is -0.493 e. The fourth-order valence-corrected chi connectivity index (χ4v) is 4.75. The number of rotatable bonds is 16. The summed E-state index contributed by atoms with van der Waals surface area (Å²) in [6.45, 7) is 7.83. The highest BCUT2D eigenvalue weighted by atomic mass is 16.6. The van der Waals surface area contributed by atoms with Crippen molar-refractivity contribution in [3.05, 3.63) is 145 Å². The van der Waals surface area contributed by atoms with Crippen LogP contribution in [-0.2, 0) is 15.1 Å². The van der Waals surface area contributed by atoms with Crippen LogP contribution in [0.1, 0.15) is 37.3 Å². The van der Waals surface area contributed by atoms with Gasteiger partial charge in [-0.05, 0) is 60.2 Å². The standard InChI is InChI=1S/C36H40O5/c1-3-5-7-12-25-38-32-20-16-30(17-21-32)36(29-14-10-9-11-15-29,41-28-35-34(37)24-27-40-35)31-18-22-33(23-19-31)39-26-13-8-6-4-2/h3-11,14-23,34-35,37H,1-2,12-13,24-28H2/b7-5+,8-6+/t34-,35-/m1/s1/i27T/t27?,34-,35-. The molecule has 0 bridgehead atoms. The highest BCUT2D eigenvalue weighted by Crippen LogP contribution is 2.42. The average Bonchev–Trinajstić information content (AvgIpc) is 3.35. The van der Waals surface area contributed by atoms with Gasteiger partial charge in [-0.1, -0.05) is 104 Å². The van der Waals surface area contributed by atoms with E-state index in [-0.39, 0.29) is 13.0 Å². The third-order valence-corrected chi connectivity index (χ3v) is 6.85. The molecule has 1 aliphatic rings. The molecule has 1 saturated heterocycles. The molecule has 1 N–H and O–H groups in total. The Hall–Kier alpha value is -3.90. The Morgan fingerprint density at radius 3 is 1.78 bits per heavy atom. The molecule has 4 rings (SSSR count). The summed E-state index contributed by atoms with van der Waals surface area (Å²) in [5.41, 5.74) is 1.68.